The Morgan fingerprint density at radius 2 is 2.15 bits per heavy atom. The van der Waals surface area contributed by atoms with E-state index >= 15 is 0 Å². The summed E-state index contributed by atoms with van der Waals surface area (Å²) in [5, 5.41) is 6.29. The molecule has 1 saturated carbocycles. The number of ether oxygens (including phenoxy) is 1. The normalized spacial score (nSPS) is 34.1. The molecule has 0 spiro atoms. The van der Waals surface area contributed by atoms with Crippen LogP contribution < -0.4 is 10.6 Å². The lowest BCUT2D eigenvalue weighted by molar-refractivity contribution is -0.128. The summed E-state index contributed by atoms with van der Waals surface area (Å²) in [6.07, 6.45) is 6.50. The summed E-state index contributed by atoms with van der Waals surface area (Å²) in [5.74, 6) is 1.76. The number of hydrogen-bond acceptors (Lipinski definition) is 3. The molecule has 1 amide bonds. The summed E-state index contributed by atoms with van der Waals surface area (Å²) in [6.45, 7) is 6.57. The molecule has 0 aromatic carbocycles. The monoisotopic (exact) mass is 304 g/mol. The van der Waals surface area contributed by atoms with Gasteiger partial charge in [0.25, 0.3) is 0 Å². The van der Waals surface area contributed by atoms with Crippen molar-refractivity contribution >= 4 is 18.3 Å². The van der Waals surface area contributed by atoms with Crippen molar-refractivity contribution in [1.29, 1.82) is 0 Å². The van der Waals surface area contributed by atoms with Gasteiger partial charge in [-0.15, -0.1) is 12.4 Å². The summed E-state index contributed by atoms with van der Waals surface area (Å²) < 4.78 is 5.50. The van der Waals surface area contributed by atoms with Crippen LogP contribution in [-0.4, -0.2) is 37.7 Å². The molecule has 1 saturated heterocycles. The summed E-state index contributed by atoms with van der Waals surface area (Å²) in [4.78, 5) is 12.1. The highest BCUT2D eigenvalue weighted by Gasteiger charge is 2.28. The molecule has 4 nitrogen and oxygen atoms in total. The highest BCUT2D eigenvalue weighted by Crippen LogP contribution is 2.30. The second kappa shape index (κ2) is 8.85. The standard InChI is InChI=1S/C15H28N2O2.ClH/c1-11-4-3-5-13(10-11)6-7-17-15(18)14-12(2)19-9-8-16-14;/h11-14,16H,3-10H2,1-2H3,(H,17,18);1H/t11?,12-,13?,14+;/m1./s1. The summed E-state index contributed by atoms with van der Waals surface area (Å²) >= 11 is 0. The van der Waals surface area contributed by atoms with Crippen LogP contribution in [0.2, 0.25) is 0 Å². The summed E-state index contributed by atoms with van der Waals surface area (Å²) in [5.41, 5.74) is 0. The number of carbonyl (C=O) groups excluding carboxylic acids is 1. The van der Waals surface area contributed by atoms with Gasteiger partial charge < -0.3 is 15.4 Å². The minimum absolute atomic E-state index is 0. The Labute approximate surface area is 128 Å². The zero-order valence-corrected chi connectivity index (χ0v) is 13.5. The molecule has 2 unspecified atom stereocenters. The Morgan fingerprint density at radius 1 is 1.35 bits per heavy atom. The molecule has 0 aromatic heterocycles. The average molecular weight is 305 g/mol. The predicted molar refractivity (Wildman–Crippen MR) is 83.2 cm³/mol. The van der Waals surface area contributed by atoms with Crippen LogP contribution in [0.1, 0.15) is 46.0 Å². The SMILES string of the molecule is CC1CCCC(CCNC(=O)[C@H]2NCCO[C@@H]2C)C1.Cl. The first-order chi connectivity index (χ1) is 9.16. The van der Waals surface area contributed by atoms with Crippen molar-refractivity contribution < 1.29 is 9.53 Å². The molecule has 20 heavy (non-hydrogen) atoms. The Hall–Kier alpha value is -0.320. The van der Waals surface area contributed by atoms with E-state index in [9.17, 15) is 4.79 Å². The van der Waals surface area contributed by atoms with Gasteiger partial charge in [0.2, 0.25) is 5.91 Å². The summed E-state index contributed by atoms with van der Waals surface area (Å²) in [7, 11) is 0. The molecular formula is C15H29ClN2O2. The first kappa shape index (κ1) is 17.7. The van der Waals surface area contributed by atoms with Gasteiger partial charge in [0.1, 0.15) is 6.04 Å². The minimum atomic E-state index is -0.181. The molecule has 0 radical (unpaired) electrons. The van der Waals surface area contributed by atoms with E-state index in [1.54, 1.807) is 0 Å². The van der Waals surface area contributed by atoms with E-state index in [0.717, 1.165) is 31.3 Å². The molecule has 2 N–H and O–H groups in total. The van der Waals surface area contributed by atoms with Crippen molar-refractivity contribution in [2.75, 3.05) is 19.7 Å². The van der Waals surface area contributed by atoms with E-state index in [1.165, 1.54) is 25.7 Å². The largest absolute Gasteiger partial charge is 0.375 e. The van der Waals surface area contributed by atoms with Gasteiger partial charge in [-0.2, -0.15) is 0 Å². The van der Waals surface area contributed by atoms with E-state index in [4.69, 9.17) is 4.74 Å². The molecule has 5 heteroatoms. The lowest BCUT2D eigenvalue weighted by Crippen LogP contribution is -2.55. The average Bonchev–Trinajstić information content (AvgIpc) is 2.39. The van der Waals surface area contributed by atoms with Gasteiger partial charge in [-0.25, -0.2) is 0 Å². The highest BCUT2D eigenvalue weighted by atomic mass is 35.5. The maximum Gasteiger partial charge on any atom is 0.239 e. The van der Waals surface area contributed by atoms with E-state index in [2.05, 4.69) is 17.6 Å². The van der Waals surface area contributed by atoms with E-state index in [0.29, 0.717) is 6.61 Å². The zero-order chi connectivity index (χ0) is 13.7. The second-order valence-corrected chi connectivity index (χ2v) is 6.23. The van der Waals surface area contributed by atoms with Crippen LogP contribution in [0, 0.1) is 11.8 Å². The smallest absolute Gasteiger partial charge is 0.239 e. The van der Waals surface area contributed by atoms with E-state index in [1.807, 2.05) is 6.92 Å². The van der Waals surface area contributed by atoms with Crippen LogP contribution in [0.3, 0.4) is 0 Å². The molecule has 1 aliphatic heterocycles. The maximum atomic E-state index is 12.1. The van der Waals surface area contributed by atoms with Crippen molar-refractivity contribution in [3.8, 4) is 0 Å². The number of amides is 1. The van der Waals surface area contributed by atoms with Gasteiger partial charge >= 0.3 is 0 Å². The Morgan fingerprint density at radius 3 is 2.85 bits per heavy atom. The molecular weight excluding hydrogens is 276 g/mol. The predicted octanol–water partition coefficient (Wildman–Crippen LogP) is 2.12. The third-order valence-electron chi connectivity index (χ3n) is 4.50. The van der Waals surface area contributed by atoms with Crippen molar-refractivity contribution in [3.05, 3.63) is 0 Å². The molecule has 1 heterocycles. The van der Waals surface area contributed by atoms with Gasteiger partial charge in [0.15, 0.2) is 0 Å². The number of nitrogens with one attached hydrogen (secondary N) is 2. The fourth-order valence-electron chi connectivity index (χ4n) is 3.36. The fourth-order valence-corrected chi connectivity index (χ4v) is 3.36. The van der Waals surface area contributed by atoms with Crippen LogP contribution >= 0.6 is 12.4 Å². The first-order valence-corrected chi connectivity index (χ1v) is 7.79. The molecule has 118 valence electrons. The van der Waals surface area contributed by atoms with Crippen molar-refractivity contribution in [3.63, 3.8) is 0 Å². The van der Waals surface area contributed by atoms with E-state index in [-0.39, 0.29) is 30.5 Å². The van der Waals surface area contributed by atoms with Crippen LogP contribution in [0.4, 0.5) is 0 Å². The van der Waals surface area contributed by atoms with Gasteiger partial charge in [-0.3, -0.25) is 4.79 Å². The Bertz CT molecular complexity index is 302. The van der Waals surface area contributed by atoms with Crippen molar-refractivity contribution in [2.45, 2.75) is 58.1 Å². The minimum Gasteiger partial charge on any atom is -0.375 e. The van der Waals surface area contributed by atoms with Crippen LogP contribution in [0.25, 0.3) is 0 Å². The lowest BCUT2D eigenvalue weighted by Gasteiger charge is -2.30. The zero-order valence-electron chi connectivity index (χ0n) is 12.7. The number of morpholine rings is 1. The highest BCUT2D eigenvalue weighted by molar-refractivity contribution is 5.85. The van der Waals surface area contributed by atoms with Crippen LogP contribution in [0.5, 0.6) is 0 Å². The number of halogens is 1. The quantitative estimate of drug-likeness (QED) is 0.836. The topological polar surface area (TPSA) is 50.4 Å². The van der Waals surface area contributed by atoms with Crippen LogP contribution in [0.15, 0.2) is 0 Å². The molecule has 1 aliphatic carbocycles. The number of hydrogen-bond donors (Lipinski definition) is 2. The Balaban J connectivity index is 0.00000200. The van der Waals surface area contributed by atoms with Gasteiger partial charge in [0, 0.05) is 13.1 Å². The first-order valence-electron chi connectivity index (χ1n) is 7.79. The molecule has 0 bridgehead atoms. The molecule has 2 fully saturated rings. The fraction of sp³-hybridized carbons (Fsp3) is 0.933. The molecule has 4 atom stereocenters. The van der Waals surface area contributed by atoms with Gasteiger partial charge in [-0.05, 0) is 31.6 Å². The third-order valence-corrected chi connectivity index (χ3v) is 4.50. The van der Waals surface area contributed by atoms with Gasteiger partial charge in [0.05, 0.1) is 12.7 Å². The third kappa shape index (κ3) is 5.23. The molecule has 0 aromatic rings. The second-order valence-electron chi connectivity index (χ2n) is 6.23. The molecule has 2 aliphatic rings. The number of carbonyl (C=O) groups is 1. The maximum absolute atomic E-state index is 12.1. The van der Waals surface area contributed by atoms with Crippen molar-refractivity contribution in [2.24, 2.45) is 11.8 Å². The molecule has 2 rings (SSSR count). The Kier molecular flexibility index (Phi) is 7.85. The van der Waals surface area contributed by atoms with Gasteiger partial charge in [-0.1, -0.05) is 26.2 Å². The summed E-state index contributed by atoms with van der Waals surface area (Å²) in [6, 6.07) is -0.181. The van der Waals surface area contributed by atoms with E-state index < -0.39 is 0 Å². The van der Waals surface area contributed by atoms with Crippen molar-refractivity contribution in [1.82, 2.24) is 10.6 Å². The number of rotatable bonds is 4. The lowest BCUT2D eigenvalue weighted by atomic mass is 9.81. The van der Waals surface area contributed by atoms with Crippen LogP contribution in [-0.2, 0) is 9.53 Å².